The number of thiophene rings is 1. The smallest absolute Gasteiger partial charge is 0.191 e. The molecule has 0 aliphatic rings. The molecule has 2 aromatic rings. The third-order valence-corrected chi connectivity index (χ3v) is 3.63. The van der Waals surface area contributed by atoms with Gasteiger partial charge >= 0.3 is 0 Å². The fraction of sp³-hybridized carbons (Fsp3) is 0. The van der Waals surface area contributed by atoms with Gasteiger partial charge in [-0.15, -0.1) is 11.3 Å². The van der Waals surface area contributed by atoms with E-state index in [1.165, 1.54) is 0 Å². The van der Waals surface area contributed by atoms with Crippen molar-refractivity contribution in [2.75, 3.05) is 5.32 Å². The summed E-state index contributed by atoms with van der Waals surface area (Å²) in [7, 11) is 0. The number of nitrogens with one attached hydrogen (secondary N) is 2. The van der Waals surface area contributed by atoms with Crippen LogP contribution in [0.4, 0.5) is 5.69 Å². The Bertz CT molecular complexity index is 597. The molecule has 98 valence electrons. The summed E-state index contributed by atoms with van der Waals surface area (Å²) in [4.78, 5) is 1.04. The highest BCUT2D eigenvalue weighted by Crippen LogP contribution is 2.25. The van der Waals surface area contributed by atoms with Gasteiger partial charge < -0.3 is 5.32 Å². The van der Waals surface area contributed by atoms with Crippen LogP contribution in [-0.4, -0.2) is 11.3 Å². The van der Waals surface area contributed by atoms with Crippen LogP contribution < -0.4 is 10.7 Å². The lowest BCUT2D eigenvalue weighted by atomic mass is 10.3. The minimum atomic E-state index is 0.358. The Morgan fingerprint density at radius 2 is 2.16 bits per heavy atom. The highest BCUT2D eigenvalue weighted by Gasteiger charge is 2.02. The molecule has 0 unspecified atom stereocenters. The summed E-state index contributed by atoms with van der Waals surface area (Å²) in [6.07, 6.45) is 1.70. The number of anilines is 1. The summed E-state index contributed by atoms with van der Waals surface area (Å²) in [6, 6.07) is 9.04. The topological polar surface area (TPSA) is 36.4 Å². The van der Waals surface area contributed by atoms with Crippen molar-refractivity contribution in [2.24, 2.45) is 5.10 Å². The van der Waals surface area contributed by atoms with E-state index < -0.39 is 0 Å². The Morgan fingerprint density at radius 1 is 1.32 bits per heavy atom. The molecule has 7 heteroatoms. The van der Waals surface area contributed by atoms with Crippen LogP contribution in [0.25, 0.3) is 0 Å². The first-order valence-corrected chi connectivity index (χ1v) is 7.28. The van der Waals surface area contributed by atoms with Crippen molar-refractivity contribution >= 4 is 63.8 Å². The number of hydrogen-bond acceptors (Lipinski definition) is 3. The molecule has 0 saturated heterocycles. The second kappa shape index (κ2) is 6.86. The molecule has 0 spiro atoms. The summed E-state index contributed by atoms with van der Waals surface area (Å²) < 4.78 is 0. The molecule has 1 aromatic heterocycles. The molecule has 1 aromatic carbocycles. The van der Waals surface area contributed by atoms with Gasteiger partial charge in [-0.2, -0.15) is 5.10 Å². The molecule has 0 fully saturated rings. The molecule has 2 rings (SSSR count). The van der Waals surface area contributed by atoms with E-state index in [0.29, 0.717) is 20.8 Å². The van der Waals surface area contributed by atoms with Crippen LogP contribution in [-0.2, 0) is 0 Å². The maximum atomic E-state index is 6.02. The van der Waals surface area contributed by atoms with Crippen molar-refractivity contribution in [1.29, 1.82) is 0 Å². The maximum absolute atomic E-state index is 6.02. The minimum absolute atomic E-state index is 0.358. The van der Waals surface area contributed by atoms with Crippen molar-refractivity contribution < 1.29 is 0 Å². The monoisotopic (exact) mass is 329 g/mol. The highest BCUT2D eigenvalue weighted by molar-refractivity contribution is 7.80. The van der Waals surface area contributed by atoms with E-state index in [2.05, 4.69) is 15.8 Å². The van der Waals surface area contributed by atoms with Gasteiger partial charge in [0.1, 0.15) is 0 Å². The third kappa shape index (κ3) is 4.47. The van der Waals surface area contributed by atoms with Gasteiger partial charge in [-0.1, -0.05) is 29.3 Å². The van der Waals surface area contributed by atoms with E-state index in [1.54, 1.807) is 35.8 Å². The molecule has 3 nitrogen and oxygen atoms in total. The normalized spacial score (nSPS) is 10.6. The Balaban J connectivity index is 1.91. The van der Waals surface area contributed by atoms with Crippen LogP contribution in [0.1, 0.15) is 4.88 Å². The molecule has 1 heterocycles. The molecule has 0 aliphatic heterocycles. The number of thiocarbonyl (C=S) groups is 1. The fourth-order valence-electron chi connectivity index (χ4n) is 1.26. The van der Waals surface area contributed by atoms with E-state index >= 15 is 0 Å². The lowest BCUT2D eigenvalue weighted by Crippen LogP contribution is -2.23. The van der Waals surface area contributed by atoms with Crippen LogP contribution in [0.2, 0.25) is 10.0 Å². The Kier molecular flexibility index (Phi) is 5.15. The molecule has 2 N–H and O–H groups in total. The lowest BCUT2D eigenvalue weighted by Gasteiger charge is -2.08. The molecule has 19 heavy (non-hydrogen) atoms. The first kappa shape index (κ1) is 14.3. The van der Waals surface area contributed by atoms with Gasteiger partial charge in [0.2, 0.25) is 0 Å². The number of nitrogens with zero attached hydrogens (tertiary/aromatic N) is 1. The van der Waals surface area contributed by atoms with Gasteiger partial charge in [0, 0.05) is 9.90 Å². The van der Waals surface area contributed by atoms with Crippen molar-refractivity contribution in [3.05, 3.63) is 50.6 Å². The molecule has 0 amide bonds. The predicted molar refractivity (Wildman–Crippen MR) is 87.7 cm³/mol. The van der Waals surface area contributed by atoms with E-state index in [4.69, 9.17) is 35.4 Å². The maximum Gasteiger partial charge on any atom is 0.191 e. The van der Waals surface area contributed by atoms with Crippen LogP contribution in [0, 0.1) is 0 Å². The summed E-state index contributed by atoms with van der Waals surface area (Å²) in [5.41, 5.74) is 3.39. The zero-order valence-corrected chi connectivity index (χ0v) is 12.7. The number of hydrogen-bond donors (Lipinski definition) is 2. The minimum Gasteiger partial charge on any atom is -0.330 e. The number of halogens is 2. The average molecular weight is 330 g/mol. The first-order chi connectivity index (χ1) is 9.15. The number of benzene rings is 1. The van der Waals surface area contributed by atoms with Crippen molar-refractivity contribution in [2.45, 2.75) is 0 Å². The third-order valence-electron chi connectivity index (χ3n) is 2.08. The molecule has 0 bridgehead atoms. The Morgan fingerprint density at radius 3 is 2.84 bits per heavy atom. The van der Waals surface area contributed by atoms with Gasteiger partial charge in [-0.05, 0) is 41.9 Å². The zero-order valence-electron chi connectivity index (χ0n) is 9.56. The van der Waals surface area contributed by atoms with Gasteiger partial charge in [-0.3, -0.25) is 5.43 Å². The largest absolute Gasteiger partial charge is 0.330 e. The fourth-order valence-corrected chi connectivity index (χ4v) is 2.46. The lowest BCUT2D eigenvalue weighted by molar-refractivity contribution is 1.05. The second-order valence-corrected chi connectivity index (χ2v) is 5.69. The van der Waals surface area contributed by atoms with Crippen molar-refractivity contribution in [3.63, 3.8) is 0 Å². The van der Waals surface area contributed by atoms with Crippen LogP contribution in [0.15, 0.2) is 40.8 Å². The van der Waals surface area contributed by atoms with Gasteiger partial charge in [0.15, 0.2) is 5.11 Å². The summed E-state index contributed by atoms with van der Waals surface area (Å²) in [5.74, 6) is 0. The average Bonchev–Trinajstić information content (AvgIpc) is 2.86. The molecule has 0 atom stereocenters. The molecule has 0 aliphatic carbocycles. The second-order valence-electron chi connectivity index (χ2n) is 3.46. The molecule has 0 radical (unpaired) electrons. The van der Waals surface area contributed by atoms with Crippen LogP contribution in [0.3, 0.4) is 0 Å². The Hall–Kier alpha value is -1.14. The molecule has 0 saturated carbocycles. The van der Waals surface area contributed by atoms with Gasteiger partial charge in [0.25, 0.3) is 0 Å². The van der Waals surface area contributed by atoms with E-state index in [0.717, 1.165) is 4.88 Å². The standard InChI is InChI=1S/C12H9Cl2N3S2/c13-8-3-4-11(10(14)6-8)16-12(18)17-15-7-9-2-1-5-19-9/h1-7H,(H2,16,17,18). The Labute approximate surface area is 130 Å². The summed E-state index contributed by atoms with van der Waals surface area (Å²) >= 11 is 18.5. The number of rotatable bonds is 3. The SMILES string of the molecule is S=C(NN=Cc1cccs1)Nc1ccc(Cl)cc1Cl. The van der Waals surface area contributed by atoms with Gasteiger partial charge in [0.05, 0.1) is 16.9 Å². The molecular formula is C12H9Cl2N3S2. The van der Waals surface area contributed by atoms with E-state index in [1.807, 2.05) is 17.5 Å². The summed E-state index contributed by atoms with van der Waals surface area (Å²) in [6.45, 7) is 0. The quantitative estimate of drug-likeness (QED) is 0.498. The van der Waals surface area contributed by atoms with Crippen LogP contribution >= 0.6 is 46.8 Å². The predicted octanol–water partition coefficient (Wildman–Crippen LogP) is 4.38. The van der Waals surface area contributed by atoms with E-state index in [9.17, 15) is 0 Å². The van der Waals surface area contributed by atoms with Crippen molar-refractivity contribution in [3.8, 4) is 0 Å². The first-order valence-electron chi connectivity index (χ1n) is 5.24. The zero-order chi connectivity index (χ0) is 13.7. The van der Waals surface area contributed by atoms with E-state index in [-0.39, 0.29) is 0 Å². The van der Waals surface area contributed by atoms with Gasteiger partial charge in [-0.25, -0.2) is 0 Å². The molecular weight excluding hydrogens is 321 g/mol. The number of hydrazone groups is 1. The van der Waals surface area contributed by atoms with Crippen LogP contribution in [0.5, 0.6) is 0 Å². The van der Waals surface area contributed by atoms with Crippen molar-refractivity contribution in [1.82, 2.24) is 5.43 Å². The summed E-state index contributed by atoms with van der Waals surface area (Å²) in [5, 5.41) is 10.4. The highest BCUT2D eigenvalue weighted by atomic mass is 35.5.